The number of hydrogen-bond donors (Lipinski definition) is 0. The average molecular weight is 293 g/mol. The number of fused-ring (bicyclic) bond motifs is 1. The molecule has 0 saturated heterocycles. The van der Waals surface area contributed by atoms with Gasteiger partial charge in [-0.25, -0.2) is 4.98 Å². The van der Waals surface area contributed by atoms with Gasteiger partial charge in [0.25, 0.3) is 0 Å². The van der Waals surface area contributed by atoms with Crippen LogP contribution in [0, 0.1) is 18.3 Å². The van der Waals surface area contributed by atoms with E-state index in [1.807, 2.05) is 41.8 Å². The lowest BCUT2D eigenvalue weighted by Crippen LogP contribution is -1.93. The van der Waals surface area contributed by atoms with Gasteiger partial charge in [-0.05, 0) is 37.3 Å². The van der Waals surface area contributed by atoms with E-state index in [1.165, 1.54) is 0 Å². The minimum Gasteiger partial charge on any atom is -0.493 e. The maximum atomic E-state index is 9.11. The van der Waals surface area contributed by atoms with Crippen molar-refractivity contribution in [2.24, 2.45) is 0 Å². The van der Waals surface area contributed by atoms with E-state index >= 15 is 0 Å². The number of imidazole rings is 1. The van der Waals surface area contributed by atoms with E-state index in [2.05, 4.69) is 11.1 Å². The molecular formula is C17H15N3O2. The maximum Gasteiger partial charge on any atom is 0.161 e. The second-order valence-corrected chi connectivity index (χ2v) is 4.87. The summed E-state index contributed by atoms with van der Waals surface area (Å²) in [6, 6.07) is 11.5. The summed E-state index contributed by atoms with van der Waals surface area (Å²) in [5, 5.41) is 9.11. The Morgan fingerprint density at radius 3 is 2.55 bits per heavy atom. The van der Waals surface area contributed by atoms with Crippen molar-refractivity contribution >= 4 is 5.65 Å². The first-order chi connectivity index (χ1) is 10.7. The highest BCUT2D eigenvalue weighted by molar-refractivity contribution is 5.67. The van der Waals surface area contributed by atoms with Crippen LogP contribution < -0.4 is 9.47 Å². The van der Waals surface area contributed by atoms with Crippen molar-refractivity contribution in [2.75, 3.05) is 14.2 Å². The van der Waals surface area contributed by atoms with Gasteiger partial charge < -0.3 is 13.9 Å². The first kappa shape index (κ1) is 14.0. The number of rotatable bonds is 3. The van der Waals surface area contributed by atoms with Crippen LogP contribution in [0.5, 0.6) is 11.5 Å². The van der Waals surface area contributed by atoms with Crippen LogP contribution in [0.2, 0.25) is 0 Å². The van der Waals surface area contributed by atoms with Gasteiger partial charge in [0.1, 0.15) is 11.7 Å². The van der Waals surface area contributed by atoms with E-state index in [0.717, 1.165) is 22.6 Å². The number of nitrogens with zero attached hydrogens (tertiary/aromatic N) is 3. The Kier molecular flexibility index (Phi) is 3.43. The average Bonchev–Trinajstić information content (AvgIpc) is 2.99. The lowest BCUT2D eigenvalue weighted by atomic mass is 10.1. The molecule has 1 aromatic carbocycles. The molecule has 0 saturated carbocycles. The summed E-state index contributed by atoms with van der Waals surface area (Å²) >= 11 is 0. The zero-order valence-corrected chi connectivity index (χ0v) is 12.6. The SMILES string of the molecule is COc1ccc(-c2cn3c(C)c(C#N)ccc3n2)cc1OC. The molecule has 0 aliphatic carbocycles. The van der Waals surface area contributed by atoms with Gasteiger partial charge in [-0.15, -0.1) is 0 Å². The molecule has 0 radical (unpaired) electrons. The molecule has 22 heavy (non-hydrogen) atoms. The maximum absolute atomic E-state index is 9.11. The highest BCUT2D eigenvalue weighted by atomic mass is 16.5. The first-order valence-corrected chi connectivity index (χ1v) is 6.79. The fraction of sp³-hybridized carbons (Fsp3) is 0.176. The van der Waals surface area contributed by atoms with E-state index in [0.29, 0.717) is 17.1 Å². The largest absolute Gasteiger partial charge is 0.493 e. The third-order valence-corrected chi connectivity index (χ3v) is 3.68. The first-order valence-electron chi connectivity index (χ1n) is 6.79. The Labute approximate surface area is 128 Å². The molecule has 110 valence electrons. The Balaban J connectivity index is 2.15. The molecule has 0 bridgehead atoms. The number of hydrogen-bond acceptors (Lipinski definition) is 4. The van der Waals surface area contributed by atoms with Crippen LogP contribution in [-0.2, 0) is 0 Å². The molecule has 0 aliphatic heterocycles. The zero-order chi connectivity index (χ0) is 15.7. The summed E-state index contributed by atoms with van der Waals surface area (Å²) in [7, 11) is 3.21. The van der Waals surface area contributed by atoms with Gasteiger partial charge in [0.05, 0.1) is 25.5 Å². The second kappa shape index (κ2) is 5.41. The molecule has 0 atom stereocenters. The fourth-order valence-electron chi connectivity index (χ4n) is 2.44. The quantitative estimate of drug-likeness (QED) is 0.744. The number of aryl methyl sites for hydroxylation is 1. The summed E-state index contributed by atoms with van der Waals surface area (Å²) < 4.78 is 12.5. The molecule has 3 aromatic rings. The minimum absolute atomic E-state index is 0.642. The van der Waals surface area contributed by atoms with Gasteiger partial charge in [0, 0.05) is 17.5 Å². The van der Waals surface area contributed by atoms with Crippen LogP contribution in [-0.4, -0.2) is 23.6 Å². The summed E-state index contributed by atoms with van der Waals surface area (Å²) in [5.41, 5.74) is 4.07. The van der Waals surface area contributed by atoms with Crippen molar-refractivity contribution in [3.63, 3.8) is 0 Å². The molecule has 5 nitrogen and oxygen atoms in total. The molecular weight excluding hydrogens is 278 g/mol. The highest BCUT2D eigenvalue weighted by Crippen LogP contribution is 2.32. The van der Waals surface area contributed by atoms with Gasteiger partial charge in [0.2, 0.25) is 0 Å². The molecule has 0 N–H and O–H groups in total. The molecule has 0 aliphatic rings. The van der Waals surface area contributed by atoms with Crippen molar-refractivity contribution in [3.8, 4) is 28.8 Å². The molecule has 2 heterocycles. The van der Waals surface area contributed by atoms with E-state index in [4.69, 9.17) is 14.7 Å². The number of aromatic nitrogens is 2. The van der Waals surface area contributed by atoms with Crippen molar-refractivity contribution < 1.29 is 9.47 Å². The Morgan fingerprint density at radius 2 is 1.86 bits per heavy atom. The summed E-state index contributed by atoms with van der Waals surface area (Å²) in [6.07, 6.45) is 1.92. The predicted octanol–water partition coefficient (Wildman–Crippen LogP) is 3.20. The smallest absolute Gasteiger partial charge is 0.161 e. The topological polar surface area (TPSA) is 59.5 Å². The monoisotopic (exact) mass is 293 g/mol. The molecule has 3 rings (SSSR count). The number of pyridine rings is 1. The number of methoxy groups -OCH3 is 2. The standard InChI is InChI=1S/C17H15N3O2/c1-11-13(9-18)5-7-17-19-14(10-20(11)17)12-4-6-15(21-2)16(8-12)22-3/h4-8,10H,1-3H3. The summed E-state index contributed by atoms with van der Waals surface area (Å²) in [6.45, 7) is 1.91. The third kappa shape index (κ3) is 2.15. The van der Waals surface area contributed by atoms with Gasteiger partial charge in [0.15, 0.2) is 11.5 Å². The predicted molar refractivity (Wildman–Crippen MR) is 83.2 cm³/mol. The highest BCUT2D eigenvalue weighted by Gasteiger charge is 2.11. The van der Waals surface area contributed by atoms with E-state index in [-0.39, 0.29) is 0 Å². The van der Waals surface area contributed by atoms with Gasteiger partial charge >= 0.3 is 0 Å². The summed E-state index contributed by atoms with van der Waals surface area (Å²) in [5.74, 6) is 1.34. The number of nitriles is 1. The summed E-state index contributed by atoms with van der Waals surface area (Å²) in [4.78, 5) is 4.61. The normalized spacial score (nSPS) is 10.5. The van der Waals surface area contributed by atoms with Crippen LogP contribution in [0.15, 0.2) is 36.5 Å². The van der Waals surface area contributed by atoms with Crippen LogP contribution in [0.1, 0.15) is 11.3 Å². The van der Waals surface area contributed by atoms with E-state index in [9.17, 15) is 0 Å². The number of benzene rings is 1. The molecule has 5 heteroatoms. The van der Waals surface area contributed by atoms with Crippen molar-refractivity contribution in [1.82, 2.24) is 9.38 Å². The number of ether oxygens (including phenoxy) is 2. The molecule has 0 fully saturated rings. The fourth-order valence-corrected chi connectivity index (χ4v) is 2.44. The molecule has 0 amide bonds. The van der Waals surface area contributed by atoms with Crippen LogP contribution in [0.3, 0.4) is 0 Å². The zero-order valence-electron chi connectivity index (χ0n) is 12.6. The second-order valence-electron chi connectivity index (χ2n) is 4.87. The Bertz CT molecular complexity index is 891. The third-order valence-electron chi connectivity index (χ3n) is 3.68. The molecule has 2 aromatic heterocycles. The van der Waals surface area contributed by atoms with Crippen LogP contribution >= 0.6 is 0 Å². The molecule has 0 unspecified atom stereocenters. The minimum atomic E-state index is 0.642. The van der Waals surface area contributed by atoms with Crippen LogP contribution in [0.4, 0.5) is 0 Å². The Morgan fingerprint density at radius 1 is 1.09 bits per heavy atom. The molecule has 0 spiro atoms. The lowest BCUT2D eigenvalue weighted by molar-refractivity contribution is 0.355. The van der Waals surface area contributed by atoms with Crippen molar-refractivity contribution in [2.45, 2.75) is 6.92 Å². The Hall–Kier alpha value is -3.00. The van der Waals surface area contributed by atoms with E-state index in [1.54, 1.807) is 20.3 Å². The van der Waals surface area contributed by atoms with Crippen molar-refractivity contribution in [3.05, 3.63) is 47.8 Å². The lowest BCUT2D eigenvalue weighted by Gasteiger charge is -2.08. The van der Waals surface area contributed by atoms with Gasteiger partial charge in [-0.1, -0.05) is 0 Å². The van der Waals surface area contributed by atoms with Gasteiger partial charge in [-0.3, -0.25) is 0 Å². The van der Waals surface area contributed by atoms with Crippen LogP contribution in [0.25, 0.3) is 16.9 Å². The van der Waals surface area contributed by atoms with Crippen molar-refractivity contribution in [1.29, 1.82) is 5.26 Å². The van der Waals surface area contributed by atoms with E-state index < -0.39 is 0 Å². The van der Waals surface area contributed by atoms with Gasteiger partial charge in [-0.2, -0.15) is 5.26 Å².